The maximum Gasteiger partial charge on any atom is 0.131 e. The van der Waals surface area contributed by atoms with Crippen LogP contribution in [-0.4, -0.2) is 11.1 Å². The summed E-state index contributed by atoms with van der Waals surface area (Å²) in [7, 11) is 0. The largest absolute Gasteiger partial charge is 0.491 e. The van der Waals surface area contributed by atoms with Crippen LogP contribution < -0.4 is 10.5 Å². The summed E-state index contributed by atoms with van der Waals surface area (Å²) < 4.78 is 5.59. The minimum absolute atomic E-state index is 0.161. The number of hydrogen-bond acceptors (Lipinski definition) is 3. The highest BCUT2D eigenvalue weighted by Crippen LogP contribution is 2.28. The highest BCUT2D eigenvalue weighted by atomic mass is 35.5. The molecule has 0 atom stereocenters. The molecule has 1 heterocycles. The van der Waals surface area contributed by atoms with E-state index in [1.54, 1.807) is 0 Å². The van der Waals surface area contributed by atoms with Crippen LogP contribution in [0.15, 0.2) is 36.5 Å². The number of ether oxygens (including phenoxy) is 1. The lowest BCUT2D eigenvalue weighted by molar-refractivity contribution is 0.242. The van der Waals surface area contributed by atoms with Gasteiger partial charge < -0.3 is 10.5 Å². The molecule has 3 nitrogen and oxygen atoms in total. The second-order valence-corrected chi connectivity index (χ2v) is 4.71. The van der Waals surface area contributed by atoms with Crippen LogP contribution in [0.5, 0.6) is 5.75 Å². The first-order valence-corrected chi connectivity index (χ1v) is 6.12. The minimum atomic E-state index is 0.161. The van der Waals surface area contributed by atoms with Crippen molar-refractivity contribution in [3.8, 4) is 16.9 Å². The monoisotopic (exact) mass is 262 g/mol. The van der Waals surface area contributed by atoms with Crippen LogP contribution in [0.25, 0.3) is 11.1 Å². The van der Waals surface area contributed by atoms with E-state index in [9.17, 15) is 0 Å². The lowest BCUT2D eigenvalue weighted by Crippen LogP contribution is -2.05. The number of halogens is 1. The number of aromatic nitrogens is 1. The molecule has 1 aromatic carbocycles. The third kappa shape index (κ3) is 2.93. The highest BCUT2D eigenvalue weighted by Gasteiger charge is 2.05. The van der Waals surface area contributed by atoms with Crippen LogP contribution in [0, 0.1) is 0 Å². The van der Waals surface area contributed by atoms with Crippen molar-refractivity contribution in [3.05, 3.63) is 41.6 Å². The molecule has 0 aliphatic carbocycles. The van der Waals surface area contributed by atoms with Crippen molar-refractivity contribution in [3.63, 3.8) is 0 Å². The van der Waals surface area contributed by atoms with Crippen LogP contribution >= 0.6 is 11.6 Å². The van der Waals surface area contributed by atoms with Crippen molar-refractivity contribution >= 4 is 17.4 Å². The second kappa shape index (κ2) is 5.27. The molecule has 18 heavy (non-hydrogen) atoms. The number of pyridine rings is 1. The molecule has 2 rings (SSSR count). The van der Waals surface area contributed by atoms with Crippen molar-refractivity contribution in [2.24, 2.45) is 0 Å². The summed E-state index contributed by atoms with van der Waals surface area (Å²) in [6.07, 6.45) is 1.70. The Bertz CT molecular complexity index is 538. The first-order valence-electron chi connectivity index (χ1n) is 5.74. The predicted octanol–water partition coefficient (Wildman–Crippen LogP) is 3.77. The average molecular weight is 263 g/mol. The van der Waals surface area contributed by atoms with Gasteiger partial charge in [-0.25, -0.2) is 4.98 Å². The molecule has 0 saturated carbocycles. The van der Waals surface area contributed by atoms with Crippen molar-refractivity contribution < 1.29 is 4.74 Å². The van der Waals surface area contributed by atoms with E-state index in [-0.39, 0.29) is 6.10 Å². The van der Waals surface area contributed by atoms with Gasteiger partial charge >= 0.3 is 0 Å². The first kappa shape index (κ1) is 12.7. The van der Waals surface area contributed by atoms with E-state index >= 15 is 0 Å². The summed E-state index contributed by atoms with van der Waals surface area (Å²) >= 11 is 5.92. The topological polar surface area (TPSA) is 48.1 Å². The van der Waals surface area contributed by atoms with E-state index in [4.69, 9.17) is 22.1 Å². The van der Waals surface area contributed by atoms with Gasteiger partial charge in [-0.05, 0) is 37.6 Å². The number of hydrogen-bond donors (Lipinski definition) is 1. The maximum absolute atomic E-state index is 5.92. The number of benzene rings is 1. The van der Waals surface area contributed by atoms with Gasteiger partial charge in [0.05, 0.1) is 11.1 Å². The summed E-state index contributed by atoms with van der Waals surface area (Å²) in [5, 5.41) is 0.571. The Labute approximate surface area is 112 Å². The molecule has 0 amide bonds. The lowest BCUT2D eigenvalue weighted by Gasteiger charge is -2.10. The van der Waals surface area contributed by atoms with E-state index in [1.807, 2.05) is 44.2 Å². The van der Waals surface area contributed by atoms with Gasteiger partial charge in [-0.2, -0.15) is 0 Å². The average Bonchev–Trinajstić information content (AvgIpc) is 2.33. The van der Waals surface area contributed by atoms with Gasteiger partial charge in [0.1, 0.15) is 11.6 Å². The molecule has 0 spiro atoms. The molecule has 0 bridgehead atoms. The Kier molecular flexibility index (Phi) is 3.72. The van der Waals surface area contributed by atoms with Crippen molar-refractivity contribution in [1.29, 1.82) is 0 Å². The number of nitrogens with two attached hydrogens (primary N) is 1. The molecule has 94 valence electrons. The van der Waals surface area contributed by atoms with Crippen LogP contribution in [0.2, 0.25) is 5.02 Å². The molecule has 0 aliphatic rings. The Balaban J connectivity index is 2.31. The van der Waals surface area contributed by atoms with Gasteiger partial charge in [0.2, 0.25) is 0 Å². The zero-order valence-electron chi connectivity index (χ0n) is 10.4. The van der Waals surface area contributed by atoms with Gasteiger partial charge in [0.15, 0.2) is 0 Å². The van der Waals surface area contributed by atoms with Gasteiger partial charge in [0.25, 0.3) is 0 Å². The van der Waals surface area contributed by atoms with Gasteiger partial charge in [0, 0.05) is 11.8 Å². The van der Waals surface area contributed by atoms with Crippen LogP contribution in [-0.2, 0) is 0 Å². The van der Waals surface area contributed by atoms with E-state index in [0.29, 0.717) is 10.8 Å². The molecule has 0 fully saturated rings. The molecule has 2 N–H and O–H groups in total. The Morgan fingerprint density at radius 1 is 1.22 bits per heavy atom. The zero-order chi connectivity index (χ0) is 13.1. The summed E-state index contributed by atoms with van der Waals surface area (Å²) in [4.78, 5) is 4.04. The van der Waals surface area contributed by atoms with Crippen molar-refractivity contribution in [2.75, 3.05) is 5.73 Å². The number of nitrogens with zero attached hydrogens (tertiary/aromatic N) is 1. The van der Waals surface area contributed by atoms with Gasteiger partial charge in [-0.15, -0.1) is 0 Å². The smallest absolute Gasteiger partial charge is 0.131 e. The number of rotatable bonds is 3. The molecule has 0 unspecified atom stereocenters. The molecule has 0 saturated heterocycles. The van der Waals surface area contributed by atoms with E-state index in [0.717, 1.165) is 16.9 Å². The van der Waals surface area contributed by atoms with Crippen molar-refractivity contribution in [1.82, 2.24) is 4.98 Å². The first-order chi connectivity index (χ1) is 8.56. The summed E-state index contributed by atoms with van der Waals surface area (Å²) in [5.74, 6) is 1.30. The molecule has 1 aromatic heterocycles. The molecular weight excluding hydrogens is 248 g/mol. The molecule has 2 aromatic rings. The van der Waals surface area contributed by atoms with Crippen LogP contribution in [0.3, 0.4) is 0 Å². The quantitative estimate of drug-likeness (QED) is 0.916. The Morgan fingerprint density at radius 2 is 1.89 bits per heavy atom. The van der Waals surface area contributed by atoms with Crippen LogP contribution in [0.1, 0.15) is 13.8 Å². The maximum atomic E-state index is 5.92. The third-order valence-electron chi connectivity index (χ3n) is 2.42. The third-order valence-corrected chi connectivity index (χ3v) is 2.63. The Hall–Kier alpha value is -1.74. The fourth-order valence-corrected chi connectivity index (χ4v) is 1.82. The van der Waals surface area contributed by atoms with Gasteiger partial charge in [-0.3, -0.25) is 0 Å². The van der Waals surface area contributed by atoms with E-state index < -0.39 is 0 Å². The fourth-order valence-electron chi connectivity index (χ4n) is 1.67. The second-order valence-electron chi connectivity index (χ2n) is 4.28. The standard InChI is InChI=1S/C14H15ClN2O/c1-9(2)18-12-5-3-10(4-6-12)13-7-11(15)8-17-14(13)16/h3-9H,1-2H3,(H2,16,17). The number of nitrogen functional groups attached to an aromatic ring is 1. The predicted molar refractivity (Wildman–Crippen MR) is 74.9 cm³/mol. The van der Waals surface area contributed by atoms with E-state index in [2.05, 4.69) is 4.98 Å². The SMILES string of the molecule is CC(C)Oc1ccc(-c2cc(Cl)cnc2N)cc1. The fraction of sp³-hybridized carbons (Fsp3) is 0.214. The summed E-state index contributed by atoms with van der Waals surface area (Å²) in [5.41, 5.74) is 7.64. The molecular formula is C14H15ClN2O. The molecule has 4 heteroatoms. The summed E-state index contributed by atoms with van der Waals surface area (Å²) in [6, 6.07) is 9.52. The normalized spacial score (nSPS) is 10.7. The van der Waals surface area contributed by atoms with Crippen molar-refractivity contribution in [2.45, 2.75) is 20.0 Å². The number of anilines is 1. The molecule has 0 aliphatic heterocycles. The zero-order valence-corrected chi connectivity index (χ0v) is 11.1. The highest BCUT2D eigenvalue weighted by molar-refractivity contribution is 6.30. The summed E-state index contributed by atoms with van der Waals surface area (Å²) in [6.45, 7) is 3.99. The minimum Gasteiger partial charge on any atom is -0.491 e. The molecule has 0 radical (unpaired) electrons. The van der Waals surface area contributed by atoms with Crippen LogP contribution in [0.4, 0.5) is 5.82 Å². The van der Waals surface area contributed by atoms with E-state index in [1.165, 1.54) is 6.20 Å². The Morgan fingerprint density at radius 3 is 2.50 bits per heavy atom. The van der Waals surface area contributed by atoms with Gasteiger partial charge in [-0.1, -0.05) is 23.7 Å². The lowest BCUT2D eigenvalue weighted by atomic mass is 10.1.